The fourth-order valence-corrected chi connectivity index (χ4v) is 2.16. The molecule has 3 N–H and O–H groups in total. The highest BCUT2D eigenvalue weighted by Gasteiger charge is 2.24. The molecular weight excluding hydrogens is 308 g/mol. The number of aliphatic imine (C=N–C) groups is 1. The number of carbonyl (C=O) groups is 1. The number of carbonyl (C=O) groups excluding carboxylic acids is 1. The molecule has 126 valence electrons. The number of ether oxygens (including phenoxy) is 1. The van der Waals surface area contributed by atoms with E-state index in [1.54, 1.807) is 24.9 Å². The second kappa shape index (κ2) is 7.94. The van der Waals surface area contributed by atoms with Crippen molar-refractivity contribution in [3.63, 3.8) is 0 Å². The average molecular weight is 328 g/mol. The predicted octanol–water partition coefficient (Wildman–Crippen LogP) is 0.964. The van der Waals surface area contributed by atoms with Crippen LogP contribution in [-0.2, 0) is 16.6 Å². The van der Waals surface area contributed by atoms with E-state index >= 15 is 0 Å². The first-order valence-corrected chi connectivity index (χ1v) is 6.92. The van der Waals surface area contributed by atoms with Crippen molar-refractivity contribution in [2.24, 2.45) is 12.0 Å². The van der Waals surface area contributed by atoms with Crippen molar-refractivity contribution >= 4 is 17.3 Å². The van der Waals surface area contributed by atoms with Crippen molar-refractivity contribution in [2.45, 2.75) is 13.3 Å². The normalized spacial score (nSPS) is 12.5. The molecule has 0 aromatic carbocycles. The number of aromatic nitrogens is 2. The largest absolute Gasteiger partial charge is 0.497 e. The lowest BCUT2D eigenvalue weighted by atomic mass is 10.0. The number of methoxy groups -OCH3 is 1. The third-order valence-corrected chi connectivity index (χ3v) is 3.30. The number of nitrogens with one attached hydrogen (secondary N) is 1. The molecule has 0 fully saturated rings. The zero-order valence-electron chi connectivity index (χ0n) is 13.9. The summed E-state index contributed by atoms with van der Waals surface area (Å²) in [4.78, 5) is 16.1. The zero-order chi connectivity index (χ0) is 17.0. The Morgan fingerprint density at radius 2 is 2.17 bits per heavy atom. The van der Waals surface area contributed by atoms with Crippen LogP contribution in [0.25, 0.3) is 5.57 Å². The number of amidine groups is 1. The molecule has 1 aromatic rings. The Bertz CT molecular complexity index is 803. The van der Waals surface area contributed by atoms with Gasteiger partial charge in [0.2, 0.25) is 0 Å². The van der Waals surface area contributed by atoms with Crippen LogP contribution >= 0.6 is 0 Å². The van der Waals surface area contributed by atoms with E-state index in [2.05, 4.69) is 40.4 Å². The Kier molecular flexibility index (Phi) is 6.27. The molecule has 0 aliphatic carbocycles. The number of amides is 1. The van der Waals surface area contributed by atoms with E-state index in [-0.39, 0.29) is 5.48 Å². The molecule has 0 radical (unpaired) electrons. The summed E-state index contributed by atoms with van der Waals surface area (Å²) in [7, 11) is 3.37. The van der Waals surface area contributed by atoms with E-state index in [0.29, 0.717) is 29.3 Å². The number of hydrogen-bond acceptors (Lipinski definition) is 4. The van der Waals surface area contributed by atoms with Crippen LogP contribution < -0.4 is 5.32 Å². The van der Waals surface area contributed by atoms with Gasteiger partial charge < -0.3 is 15.5 Å². The standard InChI is InChI=1S/C17H18N4O2.H2O/c1-6-7-16(22)19-15-8-14(12(3)23-5)17(20-15)11(2)13-9-18-21(4)10-13;/h9-10H,2-3,8H2,1,4-5H3,(H,19,20,22);1H2. The van der Waals surface area contributed by atoms with Gasteiger partial charge in [0.25, 0.3) is 0 Å². The Morgan fingerprint density at radius 1 is 1.46 bits per heavy atom. The van der Waals surface area contributed by atoms with Crippen LogP contribution in [0.5, 0.6) is 0 Å². The SMILES string of the molecule is C=C(OC)C1=C(C(=C)c2cnn(C)c2)N=C(NC(=O)C#CC)C1.O. The average Bonchev–Trinajstić information content (AvgIpc) is 3.12. The van der Waals surface area contributed by atoms with Crippen molar-refractivity contribution in [1.29, 1.82) is 0 Å². The van der Waals surface area contributed by atoms with Crippen molar-refractivity contribution in [3.8, 4) is 11.8 Å². The Labute approximate surface area is 140 Å². The van der Waals surface area contributed by atoms with Crippen LogP contribution in [-0.4, -0.2) is 34.1 Å². The molecule has 2 heterocycles. The van der Waals surface area contributed by atoms with Crippen LogP contribution in [0, 0.1) is 11.8 Å². The first-order valence-electron chi connectivity index (χ1n) is 6.92. The summed E-state index contributed by atoms with van der Waals surface area (Å²) in [5.74, 6) is 5.54. The minimum Gasteiger partial charge on any atom is -0.497 e. The van der Waals surface area contributed by atoms with Crippen LogP contribution in [0.2, 0.25) is 0 Å². The van der Waals surface area contributed by atoms with E-state index in [1.165, 1.54) is 0 Å². The van der Waals surface area contributed by atoms with Gasteiger partial charge in [-0.1, -0.05) is 19.1 Å². The molecule has 24 heavy (non-hydrogen) atoms. The van der Waals surface area contributed by atoms with Crippen molar-refractivity contribution in [2.75, 3.05) is 7.11 Å². The van der Waals surface area contributed by atoms with Gasteiger partial charge >= 0.3 is 5.91 Å². The van der Waals surface area contributed by atoms with Crippen molar-refractivity contribution in [1.82, 2.24) is 15.1 Å². The maximum absolute atomic E-state index is 11.6. The lowest BCUT2D eigenvalue weighted by Gasteiger charge is -2.09. The Hall–Kier alpha value is -3.11. The van der Waals surface area contributed by atoms with Crippen LogP contribution in [0.15, 0.2) is 47.6 Å². The second-order valence-corrected chi connectivity index (χ2v) is 4.90. The minimum absolute atomic E-state index is 0. The molecule has 0 atom stereocenters. The fourth-order valence-electron chi connectivity index (χ4n) is 2.16. The van der Waals surface area contributed by atoms with Gasteiger partial charge in [-0.2, -0.15) is 5.10 Å². The lowest BCUT2D eigenvalue weighted by molar-refractivity contribution is -0.114. The van der Waals surface area contributed by atoms with Crippen LogP contribution in [0.1, 0.15) is 18.9 Å². The second-order valence-electron chi connectivity index (χ2n) is 4.90. The highest BCUT2D eigenvalue weighted by atomic mass is 16.5. The summed E-state index contributed by atoms with van der Waals surface area (Å²) >= 11 is 0. The van der Waals surface area contributed by atoms with Crippen LogP contribution in [0.4, 0.5) is 0 Å². The molecule has 1 aliphatic rings. The molecule has 0 bridgehead atoms. The maximum Gasteiger partial charge on any atom is 0.301 e. The van der Waals surface area contributed by atoms with Gasteiger partial charge in [-0.25, -0.2) is 4.99 Å². The molecule has 0 unspecified atom stereocenters. The first-order chi connectivity index (χ1) is 11.0. The van der Waals surface area contributed by atoms with Gasteiger partial charge in [0.1, 0.15) is 11.6 Å². The molecular formula is C17H20N4O3. The van der Waals surface area contributed by atoms with Gasteiger partial charge in [-0.15, -0.1) is 0 Å². The quantitative estimate of drug-likeness (QED) is 0.658. The first kappa shape index (κ1) is 18.9. The van der Waals surface area contributed by atoms with E-state index < -0.39 is 5.91 Å². The number of nitrogens with zero attached hydrogens (tertiary/aromatic N) is 3. The number of rotatable bonds is 4. The Morgan fingerprint density at radius 3 is 2.71 bits per heavy atom. The number of hydrogen-bond donors (Lipinski definition) is 1. The summed E-state index contributed by atoms with van der Waals surface area (Å²) in [6.45, 7) is 9.56. The molecule has 1 aliphatic heterocycles. The summed E-state index contributed by atoms with van der Waals surface area (Å²) < 4.78 is 6.91. The molecule has 7 heteroatoms. The maximum atomic E-state index is 11.6. The zero-order valence-corrected chi connectivity index (χ0v) is 13.9. The third-order valence-electron chi connectivity index (χ3n) is 3.30. The van der Waals surface area contributed by atoms with E-state index in [1.807, 2.05) is 13.2 Å². The highest BCUT2D eigenvalue weighted by Crippen LogP contribution is 2.33. The Balaban J connectivity index is 0.00000288. The van der Waals surface area contributed by atoms with Gasteiger partial charge in [-0.3, -0.25) is 9.48 Å². The van der Waals surface area contributed by atoms with Gasteiger partial charge in [-0.05, 0) is 12.8 Å². The van der Waals surface area contributed by atoms with Gasteiger partial charge in [0, 0.05) is 36.4 Å². The molecule has 1 aromatic heterocycles. The summed E-state index contributed by atoms with van der Waals surface area (Å²) in [5.41, 5.74) is 2.94. The molecule has 2 rings (SSSR count). The topological polar surface area (TPSA) is 100 Å². The molecule has 7 nitrogen and oxygen atoms in total. The summed E-state index contributed by atoms with van der Waals surface area (Å²) in [6, 6.07) is 0. The molecule has 1 amide bonds. The van der Waals surface area contributed by atoms with E-state index in [0.717, 1.165) is 11.1 Å². The monoisotopic (exact) mass is 328 g/mol. The molecule has 0 spiro atoms. The summed E-state index contributed by atoms with van der Waals surface area (Å²) in [6.07, 6.45) is 3.95. The third kappa shape index (κ3) is 4.00. The molecule has 0 saturated carbocycles. The van der Waals surface area contributed by atoms with Gasteiger partial charge in [0.05, 0.1) is 19.0 Å². The minimum atomic E-state index is -0.401. The molecule has 0 saturated heterocycles. The predicted molar refractivity (Wildman–Crippen MR) is 92.7 cm³/mol. The number of aryl methyl sites for hydroxylation is 1. The van der Waals surface area contributed by atoms with Crippen molar-refractivity contribution in [3.05, 3.63) is 48.1 Å². The van der Waals surface area contributed by atoms with Crippen LogP contribution in [0.3, 0.4) is 0 Å². The summed E-state index contributed by atoms with van der Waals surface area (Å²) in [5, 5.41) is 6.80. The smallest absolute Gasteiger partial charge is 0.301 e. The number of allylic oxidation sites excluding steroid dienone is 2. The van der Waals surface area contributed by atoms with E-state index in [4.69, 9.17) is 4.74 Å². The lowest BCUT2D eigenvalue weighted by Crippen LogP contribution is -2.28. The van der Waals surface area contributed by atoms with Crippen molar-refractivity contribution < 1.29 is 15.0 Å². The fraction of sp³-hybridized carbons (Fsp3) is 0.235. The van der Waals surface area contributed by atoms with Gasteiger partial charge in [0.15, 0.2) is 0 Å². The highest BCUT2D eigenvalue weighted by molar-refractivity contribution is 6.09. The van der Waals surface area contributed by atoms with E-state index in [9.17, 15) is 4.79 Å².